The van der Waals surface area contributed by atoms with Crippen molar-refractivity contribution < 1.29 is 13.5 Å². The van der Waals surface area contributed by atoms with Crippen LogP contribution in [0, 0.1) is 5.92 Å². The van der Waals surface area contributed by atoms with E-state index in [1.165, 1.54) is 25.1 Å². The minimum atomic E-state index is -3.43. The Morgan fingerprint density at radius 1 is 1.50 bits per heavy atom. The smallest absolute Gasteiger partial charge is 0.242 e. The molecular weight excluding hydrogens is 252 g/mol. The van der Waals surface area contributed by atoms with E-state index in [-0.39, 0.29) is 11.5 Å². The van der Waals surface area contributed by atoms with Gasteiger partial charge in [-0.3, -0.25) is 0 Å². The lowest BCUT2D eigenvalue weighted by Gasteiger charge is -2.04. The highest BCUT2D eigenvalue weighted by Crippen LogP contribution is 2.33. The number of nitrogens with zero attached hydrogens (tertiary/aromatic N) is 1. The van der Waals surface area contributed by atoms with E-state index in [1.54, 1.807) is 11.6 Å². The van der Waals surface area contributed by atoms with Crippen LogP contribution >= 0.6 is 0 Å². The van der Waals surface area contributed by atoms with Gasteiger partial charge in [0.25, 0.3) is 0 Å². The fourth-order valence-electron chi connectivity index (χ4n) is 1.97. The summed E-state index contributed by atoms with van der Waals surface area (Å²) in [5.41, 5.74) is 0.591. The van der Waals surface area contributed by atoms with Crippen LogP contribution in [0.5, 0.6) is 0 Å². The molecule has 0 aliphatic heterocycles. The third-order valence-electron chi connectivity index (χ3n) is 3.33. The lowest BCUT2D eigenvalue weighted by Crippen LogP contribution is -2.24. The summed E-state index contributed by atoms with van der Waals surface area (Å²) in [4.78, 5) is 0.223. The third-order valence-corrected chi connectivity index (χ3v) is 4.76. The van der Waals surface area contributed by atoms with E-state index in [2.05, 4.69) is 4.72 Å². The Morgan fingerprint density at radius 3 is 2.78 bits per heavy atom. The predicted octanol–water partition coefficient (Wildman–Crippen LogP) is 0.986. The largest absolute Gasteiger partial charge is 0.390 e. The van der Waals surface area contributed by atoms with Crippen LogP contribution in [0.3, 0.4) is 0 Å². The second kappa shape index (κ2) is 5.42. The zero-order valence-electron chi connectivity index (χ0n) is 10.6. The van der Waals surface area contributed by atoms with Crippen LogP contribution in [0.1, 0.15) is 31.4 Å². The molecule has 0 atom stereocenters. The Balaban J connectivity index is 1.91. The lowest BCUT2D eigenvalue weighted by atomic mass is 10.2. The van der Waals surface area contributed by atoms with E-state index in [0.717, 1.165) is 18.8 Å². The highest BCUT2D eigenvalue weighted by Gasteiger charge is 2.21. The van der Waals surface area contributed by atoms with Gasteiger partial charge in [0, 0.05) is 25.5 Å². The van der Waals surface area contributed by atoms with Gasteiger partial charge in [0.2, 0.25) is 10.0 Å². The first kappa shape index (κ1) is 13.6. The first-order valence-electron chi connectivity index (χ1n) is 6.28. The molecule has 0 spiro atoms. The van der Waals surface area contributed by atoms with Crippen molar-refractivity contribution in [1.29, 1.82) is 0 Å². The summed E-state index contributed by atoms with van der Waals surface area (Å²) in [5, 5.41) is 9.04. The molecule has 102 valence electrons. The number of aromatic nitrogens is 1. The predicted molar refractivity (Wildman–Crippen MR) is 68.5 cm³/mol. The molecule has 0 saturated heterocycles. The summed E-state index contributed by atoms with van der Waals surface area (Å²) >= 11 is 0. The van der Waals surface area contributed by atoms with Crippen molar-refractivity contribution in [2.75, 3.05) is 6.54 Å². The zero-order chi connectivity index (χ0) is 13.2. The molecule has 5 nitrogen and oxygen atoms in total. The molecule has 0 amide bonds. The molecule has 1 heterocycles. The van der Waals surface area contributed by atoms with Crippen LogP contribution in [0.15, 0.2) is 17.2 Å². The van der Waals surface area contributed by atoms with Gasteiger partial charge in [0.05, 0.1) is 11.5 Å². The first-order chi connectivity index (χ1) is 8.53. The van der Waals surface area contributed by atoms with Crippen LogP contribution < -0.4 is 4.72 Å². The summed E-state index contributed by atoms with van der Waals surface area (Å²) in [6, 6.07) is 1.50. The number of aliphatic hydroxyl groups is 1. The fraction of sp³-hybridized carbons (Fsp3) is 0.667. The van der Waals surface area contributed by atoms with E-state index < -0.39 is 10.0 Å². The van der Waals surface area contributed by atoms with Crippen molar-refractivity contribution in [3.8, 4) is 0 Å². The number of nitrogens with one attached hydrogen (secondary N) is 1. The van der Waals surface area contributed by atoms with Gasteiger partial charge >= 0.3 is 0 Å². The van der Waals surface area contributed by atoms with E-state index in [9.17, 15) is 8.42 Å². The zero-order valence-corrected chi connectivity index (χ0v) is 11.4. The summed E-state index contributed by atoms with van der Waals surface area (Å²) < 4.78 is 28.2. The van der Waals surface area contributed by atoms with Gasteiger partial charge in [-0.2, -0.15) is 0 Å². The fourth-order valence-corrected chi connectivity index (χ4v) is 3.14. The van der Waals surface area contributed by atoms with Crippen LogP contribution in [-0.4, -0.2) is 24.6 Å². The van der Waals surface area contributed by atoms with Gasteiger partial charge in [-0.05, 0) is 24.8 Å². The number of aliphatic hydroxyl groups excluding tert-OH is 1. The molecule has 1 aliphatic rings. The first-order valence-corrected chi connectivity index (χ1v) is 7.77. The van der Waals surface area contributed by atoms with Gasteiger partial charge in [-0.25, -0.2) is 13.1 Å². The Kier molecular flexibility index (Phi) is 4.09. The van der Waals surface area contributed by atoms with Gasteiger partial charge in [-0.15, -0.1) is 0 Å². The summed E-state index contributed by atoms with van der Waals surface area (Å²) in [6.45, 7) is 0.329. The maximum absolute atomic E-state index is 12.0. The topological polar surface area (TPSA) is 71.3 Å². The molecular formula is C12H20N2O3S. The molecule has 1 fully saturated rings. The Hall–Kier alpha value is -0.850. The number of hydrogen-bond donors (Lipinski definition) is 2. The molecule has 6 heteroatoms. The van der Waals surface area contributed by atoms with Gasteiger partial charge < -0.3 is 9.67 Å². The molecule has 0 radical (unpaired) electrons. The van der Waals surface area contributed by atoms with Crippen LogP contribution in [0.4, 0.5) is 0 Å². The number of sulfonamides is 1. The van der Waals surface area contributed by atoms with Crippen LogP contribution in [0.25, 0.3) is 0 Å². The minimum Gasteiger partial charge on any atom is -0.390 e. The SMILES string of the molecule is Cn1cc(S(=O)(=O)NCCCC2CC2)cc1CO. The molecule has 0 aromatic carbocycles. The molecule has 2 rings (SSSR count). The number of aryl methyl sites for hydroxylation is 1. The number of hydrogen-bond acceptors (Lipinski definition) is 3. The quantitative estimate of drug-likeness (QED) is 0.727. The van der Waals surface area contributed by atoms with Crippen molar-refractivity contribution in [3.05, 3.63) is 18.0 Å². The second-order valence-electron chi connectivity index (χ2n) is 4.92. The maximum Gasteiger partial charge on any atom is 0.242 e. The third kappa shape index (κ3) is 3.34. The Morgan fingerprint density at radius 2 is 2.22 bits per heavy atom. The molecule has 0 bridgehead atoms. The molecule has 1 saturated carbocycles. The molecule has 18 heavy (non-hydrogen) atoms. The monoisotopic (exact) mass is 272 g/mol. The summed E-state index contributed by atoms with van der Waals surface area (Å²) in [6.07, 6.45) is 6.12. The van der Waals surface area contributed by atoms with E-state index in [0.29, 0.717) is 12.2 Å². The molecule has 2 N–H and O–H groups in total. The average molecular weight is 272 g/mol. The standard InChI is InChI=1S/C12H20N2O3S/c1-14-8-12(7-11(14)9-15)18(16,17)13-6-2-3-10-4-5-10/h7-8,10,13,15H,2-6,9H2,1H3. The van der Waals surface area contributed by atoms with Gasteiger partial charge in [-0.1, -0.05) is 12.8 Å². The molecule has 1 aliphatic carbocycles. The van der Waals surface area contributed by atoms with E-state index in [4.69, 9.17) is 5.11 Å². The molecule has 1 aromatic rings. The minimum absolute atomic E-state index is 0.159. The maximum atomic E-state index is 12.0. The van der Waals surface area contributed by atoms with E-state index in [1.807, 2.05) is 0 Å². The highest BCUT2D eigenvalue weighted by atomic mass is 32.2. The Bertz CT molecular complexity index is 503. The molecule has 1 aromatic heterocycles. The van der Waals surface area contributed by atoms with Crippen molar-refractivity contribution in [2.45, 2.75) is 37.2 Å². The lowest BCUT2D eigenvalue weighted by molar-refractivity contribution is 0.272. The second-order valence-corrected chi connectivity index (χ2v) is 6.69. The van der Waals surface area contributed by atoms with Crippen molar-refractivity contribution in [3.63, 3.8) is 0 Å². The summed E-state index contributed by atoms with van der Waals surface area (Å²) in [5.74, 6) is 0.826. The van der Waals surface area contributed by atoms with Crippen molar-refractivity contribution >= 4 is 10.0 Å². The Labute approximate surface area is 108 Å². The van der Waals surface area contributed by atoms with Crippen molar-refractivity contribution in [1.82, 2.24) is 9.29 Å². The average Bonchev–Trinajstić information content (AvgIpc) is 3.06. The summed E-state index contributed by atoms with van der Waals surface area (Å²) in [7, 11) is -1.71. The van der Waals surface area contributed by atoms with E-state index >= 15 is 0 Å². The van der Waals surface area contributed by atoms with Crippen LogP contribution in [-0.2, 0) is 23.7 Å². The van der Waals surface area contributed by atoms with Gasteiger partial charge in [0.15, 0.2) is 0 Å². The van der Waals surface area contributed by atoms with Crippen LogP contribution in [0.2, 0.25) is 0 Å². The van der Waals surface area contributed by atoms with Gasteiger partial charge in [0.1, 0.15) is 0 Å². The normalized spacial score (nSPS) is 16.1. The molecule has 0 unspecified atom stereocenters. The van der Waals surface area contributed by atoms with Crippen molar-refractivity contribution in [2.24, 2.45) is 13.0 Å². The highest BCUT2D eigenvalue weighted by molar-refractivity contribution is 7.89. The number of rotatable bonds is 7.